The average Bonchev–Trinajstić information content (AvgIpc) is 2.01. The van der Waals surface area contributed by atoms with Crippen molar-refractivity contribution < 1.29 is 14.3 Å². The Morgan fingerprint density at radius 2 is 1.93 bits per heavy atom. The fourth-order valence-electron chi connectivity index (χ4n) is 0.908. The van der Waals surface area contributed by atoms with Crippen LogP contribution < -0.4 is 0 Å². The standard InChI is InChI=1S/C12H22O3/c1-9(2)7-14-8-12(5,6)15-11(13)10(3)4/h9H,3,7-8H2,1-2,4-6H3. The molecule has 88 valence electrons. The van der Waals surface area contributed by atoms with E-state index in [1.807, 2.05) is 13.8 Å². The van der Waals surface area contributed by atoms with E-state index in [2.05, 4.69) is 20.4 Å². The molecule has 0 aromatic carbocycles. The maximum absolute atomic E-state index is 11.3. The van der Waals surface area contributed by atoms with Crippen molar-refractivity contribution in [3.8, 4) is 0 Å². The summed E-state index contributed by atoms with van der Waals surface area (Å²) in [6.07, 6.45) is 0. The monoisotopic (exact) mass is 214 g/mol. The van der Waals surface area contributed by atoms with Gasteiger partial charge < -0.3 is 9.47 Å². The summed E-state index contributed by atoms with van der Waals surface area (Å²) in [5.41, 5.74) is -0.183. The van der Waals surface area contributed by atoms with Gasteiger partial charge in [0, 0.05) is 12.2 Å². The maximum atomic E-state index is 11.3. The minimum absolute atomic E-state index is 0.367. The van der Waals surface area contributed by atoms with Crippen molar-refractivity contribution in [2.24, 2.45) is 5.92 Å². The second-order valence-electron chi connectivity index (χ2n) is 4.84. The highest BCUT2D eigenvalue weighted by molar-refractivity contribution is 5.87. The number of hydrogen-bond donors (Lipinski definition) is 0. The predicted molar refractivity (Wildman–Crippen MR) is 60.6 cm³/mol. The van der Waals surface area contributed by atoms with Crippen molar-refractivity contribution in [2.75, 3.05) is 13.2 Å². The van der Waals surface area contributed by atoms with E-state index in [1.165, 1.54) is 0 Å². The van der Waals surface area contributed by atoms with Gasteiger partial charge in [-0.15, -0.1) is 0 Å². The molecule has 15 heavy (non-hydrogen) atoms. The van der Waals surface area contributed by atoms with Gasteiger partial charge in [-0.3, -0.25) is 0 Å². The summed E-state index contributed by atoms with van der Waals surface area (Å²) in [5, 5.41) is 0. The first-order chi connectivity index (χ1) is 6.74. The van der Waals surface area contributed by atoms with Crippen LogP contribution in [0.4, 0.5) is 0 Å². The first kappa shape index (κ1) is 14.2. The van der Waals surface area contributed by atoms with Gasteiger partial charge in [0.15, 0.2) is 0 Å². The highest BCUT2D eigenvalue weighted by atomic mass is 16.6. The second kappa shape index (κ2) is 5.91. The number of carbonyl (C=O) groups excluding carboxylic acids is 1. The van der Waals surface area contributed by atoms with E-state index in [1.54, 1.807) is 6.92 Å². The van der Waals surface area contributed by atoms with Crippen molar-refractivity contribution >= 4 is 5.97 Å². The molecule has 0 heterocycles. The van der Waals surface area contributed by atoms with Crippen LogP contribution in [0.15, 0.2) is 12.2 Å². The Balaban J connectivity index is 3.96. The maximum Gasteiger partial charge on any atom is 0.333 e. The molecule has 0 aliphatic heterocycles. The molecule has 0 atom stereocenters. The number of carbonyl (C=O) groups is 1. The zero-order chi connectivity index (χ0) is 12.1. The lowest BCUT2D eigenvalue weighted by atomic mass is 10.1. The first-order valence-electron chi connectivity index (χ1n) is 5.21. The lowest BCUT2D eigenvalue weighted by Gasteiger charge is -2.25. The molecule has 0 bridgehead atoms. The molecular formula is C12H22O3. The van der Waals surface area contributed by atoms with Crippen LogP contribution in [0.3, 0.4) is 0 Å². The minimum atomic E-state index is -0.592. The average molecular weight is 214 g/mol. The van der Waals surface area contributed by atoms with Crippen LogP contribution in [0.25, 0.3) is 0 Å². The van der Waals surface area contributed by atoms with Gasteiger partial charge in [-0.2, -0.15) is 0 Å². The van der Waals surface area contributed by atoms with Crippen LogP contribution in [0, 0.1) is 5.92 Å². The third-order valence-electron chi connectivity index (χ3n) is 1.62. The Bertz CT molecular complexity index is 229. The molecule has 0 N–H and O–H groups in total. The van der Waals surface area contributed by atoms with Crippen molar-refractivity contribution in [3.63, 3.8) is 0 Å². The molecule has 0 spiro atoms. The zero-order valence-electron chi connectivity index (χ0n) is 10.4. The first-order valence-corrected chi connectivity index (χ1v) is 5.21. The molecule has 0 aliphatic carbocycles. The molecule has 0 unspecified atom stereocenters. The number of rotatable bonds is 6. The summed E-state index contributed by atoms with van der Waals surface area (Å²) in [6, 6.07) is 0. The van der Waals surface area contributed by atoms with Gasteiger partial charge in [0.25, 0.3) is 0 Å². The van der Waals surface area contributed by atoms with Gasteiger partial charge in [-0.1, -0.05) is 20.4 Å². The molecule has 0 saturated heterocycles. The number of esters is 1. The SMILES string of the molecule is C=C(C)C(=O)OC(C)(C)COCC(C)C. The van der Waals surface area contributed by atoms with E-state index in [9.17, 15) is 4.79 Å². The number of ether oxygens (including phenoxy) is 2. The van der Waals surface area contributed by atoms with Crippen LogP contribution in [-0.4, -0.2) is 24.8 Å². The molecule has 0 fully saturated rings. The Morgan fingerprint density at radius 3 is 2.33 bits per heavy atom. The Morgan fingerprint density at radius 1 is 1.40 bits per heavy atom. The number of hydrogen-bond acceptors (Lipinski definition) is 3. The molecule has 0 aromatic rings. The quantitative estimate of drug-likeness (QED) is 0.503. The fraction of sp³-hybridized carbons (Fsp3) is 0.750. The van der Waals surface area contributed by atoms with Crippen molar-refractivity contribution in [3.05, 3.63) is 12.2 Å². The molecule has 3 nitrogen and oxygen atoms in total. The van der Waals surface area contributed by atoms with Gasteiger partial charge in [-0.25, -0.2) is 4.79 Å². The predicted octanol–water partition coefficient (Wildman–Crippen LogP) is 2.56. The normalized spacial score (nSPS) is 11.6. The van der Waals surface area contributed by atoms with Gasteiger partial charge in [-0.05, 0) is 26.7 Å². The molecule has 0 rings (SSSR count). The van der Waals surface area contributed by atoms with Crippen LogP contribution in [0.5, 0.6) is 0 Å². The van der Waals surface area contributed by atoms with Gasteiger partial charge in [0.1, 0.15) is 5.60 Å². The van der Waals surface area contributed by atoms with Gasteiger partial charge in [0.2, 0.25) is 0 Å². The summed E-state index contributed by atoms with van der Waals surface area (Å²) in [7, 11) is 0. The van der Waals surface area contributed by atoms with Crippen LogP contribution in [0.2, 0.25) is 0 Å². The Labute approximate surface area is 92.5 Å². The van der Waals surface area contributed by atoms with Crippen molar-refractivity contribution in [2.45, 2.75) is 40.2 Å². The summed E-state index contributed by atoms with van der Waals surface area (Å²) >= 11 is 0. The molecule has 0 saturated carbocycles. The van der Waals surface area contributed by atoms with Crippen LogP contribution in [-0.2, 0) is 14.3 Å². The largest absolute Gasteiger partial charge is 0.454 e. The van der Waals surface area contributed by atoms with Crippen molar-refractivity contribution in [1.29, 1.82) is 0 Å². The summed E-state index contributed by atoms with van der Waals surface area (Å²) in [6.45, 7) is 14.1. The summed E-state index contributed by atoms with van der Waals surface area (Å²) in [4.78, 5) is 11.3. The minimum Gasteiger partial charge on any atom is -0.454 e. The molecule has 0 aliphatic rings. The Kier molecular flexibility index (Phi) is 5.58. The summed E-state index contributed by atoms with van der Waals surface area (Å²) in [5.74, 6) is 0.116. The molecule has 0 aromatic heterocycles. The van der Waals surface area contributed by atoms with E-state index < -0.39 is 5.60 Å². The summed E-state index contributed by atoms with van der Waals surface area (Å²) < 4.78 is 10.7. The third kappa shape index (κ3) is 7.14. The fourth-order valence-corrected chi connectivity index (χ4v) is 0.908. The van der Waals surface area contributed by atoms with E-state index in [0.717, 1.165) is 0 Å². The third-order valence-corrected chi connectivity index (χ3v) is 1.62. The molecular weight excluding hydrogens is 192 g/mol. The Hall–Kier alpha value is -0.830. The second-order valence-corrected chi connectivity index (χ2v) is 4.84. The lowest BCUT2D eigenvalue weighted by Crippen LogP contribution is -2.34. The van der Waals surface area contributed by atoms with E-state index in [-0.39, 0.29) is 5.97 Å². The molecule has 3 heteroatoms. The zero-order valence-corrected chi connectivity index (χ0v) is 10.4. The van der Waals surface area contributed by atoms with E-state index in [4.69, 9.17) is 9.47 Å². The highest BCUT2D eigenvalue weighted by Gasteiger charge is 2.23. The van der Waals surface area contributed by atoms with Crippen molar-refractivity contribution in [1.82, 2.24) is 0 Å². The van der Waals surface area contributed by atoms with Gasteiger partial charge in [0.05, 0.1) is 6.61 Å². The molecule has 0 amide bonds. The van der Waals surface area contributed by atoms with Gasteiger partial charge >= 0.3 is 5.97 Å². The van der Waals surface area contributed by atoms with E-state index in [0.29, 0.717) is 24.7 Å². The topological polar surface area (TPSA) is 35.5 Å². The molecule has 0 radical (unpaired) electrons. The van der Waals surface area contributed by atoms with E-state index >= 15 is 0 Å². The lowest BCUT2D eigenvalue weighted by molar-refractivity contribution is -0.157. The highest BCUT2D eigenvalue weighted by Crippen LogP contribution is 2.12. The smallest absolute Gasteiger partial charge is 0.333 e. The van der Waals surface area contributed by atoms with Crippen LogP contribution >= 0.6 is 0 Å². The van der Waals surface area contributed by atoms with Crippen LogP contribution in [0.1, 0.15) is 34.6 Å².